The molecule has 0 bridgehead atoms. The lowest BCUT2D eigenvalue weighted by Gasteiger charge is -2.33. The summed E-state index contributed by atoms with van der Waals surface area (Å²) in [5.74, 6) is 2.32. The van der Waals surface area contributed by atoms with Crippen LogP contribution in [0.2, 0.25) is 0 Å². The van der Waals surface area contributed by atoms with Crippen LogP contribution in [0, 0.1) is 23.2 Å². The largest absolute Gasteiger partial charge is 0.356 e. The Hall–Kier alpha value is -2.09. The van der Waals surface area contributed by atoms with Crippen molar-refractivity contribution in [1.29, 1.82) is 5.26 Å². The lowest BCUT2D eigenvalue weighted by molar-refractivity contribution is -0.121. The number of rotatable bonds is 6. The number of hydrogen-bond acceptors (Lipinski definition) is 4. The molecule has 1 N–H and O–H groups in total. The molecule has 1 aromatic rings. The molecule has 1 saturated carbocycles. The molecule has 1 amide bonds. The van der Waals surface area contributed by atoms with Crippen molar-refractivity contribution >= 4 is 11.7 Å². The topological polar surface area (TPSA) is 69.0 Å². The summed E-state index contributed by atoms with van der Waals surface area (Å²) in [4.78, 5) is 18.6. The molecule has 0 spiro atoms. The van der Waals surface area contributed by atoms with E-state index in [2.05, 4.69) is 21.3 Å². The van der Waals surface area contributed by atoms with Crippen LogP contribution in [0.25, 0.3) is 0 Å². The molecule has 2 heterocycles. The third-order valence-corrected chi connectivity index (χ3v) is 5.66. The van der Waals surface area contributed by atoms with Crippen LogP contribution in [0.4, 0.5) is 5.82 Å². The van der Waals surface area contributed by atoms with Gasteiger partial charge in [-0.1, -0.05) is 25.7 Å². The summed E-state index contributed by atoms with van der Waals surface area (Å²) in [5.41, 5.74) is 0.640. The fourth-order valence-corrected chi connectivity index (χ4v) is 4.07. The van der Waals surface area contributed by atoms with Crippen molar-refractivity contribution < 1.29 is 4.79 Å². The molecule has 0 aromatic carbocycles. The average Bonchev–Trinajstić information content (AvgIpc) is 3.19. The normalized spacial score (nSPS) is 18.9. The van der Waals surface area contributed by atoms with E-state index < -0.39 is 0 Å². The number of carbonyl (C=O) groups is 1. The second-order valence-electron chi connectivity index (χ2n) is 7.41. The molecule has 25 heavy (non-hydrogen) atoms. The van der Waals surface area contributed by atoms with Gasteiger partial charge in [-0.3, -0.25) is 4.79 Å². The summed E-state index contributed by atoms with van der Waals surface area (Å²) in [6.45, 7) is 2.58. The number of pyridine rings is 1. The maximum atomic E-state index is 12.0. The van der Waals surface area contributed by atoms with Crippen molar-refractivity contribution in [2.75, 3.05) is 24.5 Å². The SMILES string of the molecule is N#Cc1cccnc1N1CCC(CNC(=O)CCC2CCCC2)CC1. The van der Waals surface area contributed by atoms with Gasteiger partial charge in [0.2, 0.25) is 5.91 Å². The van der Waals surface area contributed by atoms with E-state index in [0.29, 0.717) is 17.9 Å². The van der Waals surface area contributed by atoms with E-state index in [4.69, 9.17) is 0 Å². The third-order valence-electron chi connectivity index (χ3n) is 5.66. The smallest absolute Gasteiger partial charge is 0.220 e. The van der Waals surface area contributed by atoms with Gasteiger partial charge in [-0.15, -0.1) is 0 Å². The maximum absolute atomic E-state index is 12.0. The van der Waals surface area contributed by atoms with Crippen LogP contribution in [-0.2, 0) is 4.79 Å². The van der Waals surface area contributed by atoms with Crippen molar-refractivity contribution in [2.24, 2.45) is 11.8 Å². The number of carbonyl (C=O) groups excluding carboxylic acids is 1. The Balaban J connectivity index is 1.37. The van der Waals surface area contributed by atoms with Crippen LogP contribution in [0.1, 0.15) is 56.9 Å². The zero-order valence-electron chi connectivity index (χ0n) is 14.9. The number of nitrogens with zero attached hydrogens (tertiary/aromatic N) is 3. The van der Waals surface area contributed by atoms with E-state index >= 15 is 0 Å². The Labute approximate surface area is 150 Å². The molecule has 0 atom stereocenters. The molecular formula is C20H28N4O. The quantitative estimate of drug-likeness (QED) is 0.863. The minimum atomic E-state index is 0.214. The Morgan fingerprint density at radius 3 is 2.72 bits per heavy atom. The summed E-state index contributed by atoms with van der Waals surface area (Å²) in [6.07, 6.45) is 10.8. The van der Waals surface area contributed by atoms with Gasteiger partial charge in [0.25, 0.3) is 0 Å². The predicted octanol–water partition coefficient (Wildman–Crippen LogP) is 3.26. The summed E-state index contributed by atoms with van der Waals surface area (Å²) < 4.78 is 0. The highest BCUT2D eigenvalue weighted by Gasteiger charge is 2.22. The molecule has 5 heteroatoms. The van der Waals surface area contributed by atoms with Gasteiger partial charge in [0.1, 0.15) is 11.9 Å². The average molecular weight is 340 g/mol. The van der Waals surface area contributed by atoms with E-state index in [1.165, 1.54) is 25.7 Å². The van der Waals surface area contributed by atoms with Crippen molar-refractivity contribution in [3.63, 3.8) is 0 Å². The molecule has 0 radical (unpaired) electrons. The molecule has 0 unspecified atom stereocenters. The fraction of sp³-hybridized carbons (Fsp3) is 0.650. The van der Waals surface area contributed by atoms with Crippen molar-refractivity contribution in [2.45, 2.75) is 51.4 Å². The summed E-state index contributed by atoms with van der Waals surface area (Å²) in [5, 5.41) is 12.3. The zero-order valence-corrected chi connectivity index (χ0v) is 14.9. The summed E-state index contributed by atoms with van der Waals surface area (Å²) in [6, 6.07) is 5.84. The molecule has 1 aliphatic heterocycles. The lowest BCUT2D eigenvalue weighted by Crippen LogP contribution is -2.39. The van der Waals surface area contributed by atoms with E-state index in [1.807, 2.05) is 6.07 Å². The third kappa shape index (κ3) is 4.94. The van der Waals surface area contributed by atoms with E-state index in [1.54, 1.807) is 12.3 Å². The van der Waals surface area contributed by atoms with Crippen LogP contribution in [0.15, 0.2) is 18.3 Å². The second-order valence-corrected chi connectivity index (χ2v) is 7.41. The van der Waals surface area contributed by atoms with Gasteiger partial charge in [-0.05, 0) is 43.2 Å². The number of anilines is 1. The van der Waals surface area contributed by atoms with Gasteiger partial charge in [-0.2, -0.15) is 5.26 Å². The van der Waals surface area contributed by atoms with Crippen molar-refractivity contribution in [1.82, 2.24) is 10.3 Å². The predicted molar refractivity (Wildman–Crippen MR) is 98.1 cm³/mol. The fourth-order valence-electron chi connectivity index (χ4n) is 4.07. The molecule has 1 saturated heterocycles. The first-order valence-corrected chi connectivity index (χ1v) is 9.63. The van der Waals surface area contributed by atoms with Gasteiger partial charge in [0.15, 0.2) is 0 Å². The highest BCUT2D eigenvalue weighted by Crippen LogP contribution is 2.28. The molecule has 5 nitrogen and oxygen atoms in total. The number of hydrogen-bond donors (Lipinski definition) is 1. The number of aromatic nitrogens is 1. The van der Waals surface area contributed by atoms with Crippen molar-refractivity contribution in [3.05, 3.63) is 23.9 Å². The second kappa shape index (κ2) is 8.84. The van der Waals surface area contributed by atoms with Gasteiger partial charge in [-0.25, -0.2) is 4.98 Å². The van der Waals surface area contributed by atoms with Crippen LogP contribution in [-0.4, -0.2) is 30.5 Å². The van der Waals surface area contributed by atoms with E-state index in [9.17, 15) is 10.1 Å². The first kappa shape index (κ1) is 17.7. The van der Waals surface area contributed by atoms with Gasteiger partial charge >= 0.3 is 0 Å². The zero-order chi connectivity index (χ0) is 17.5. The molecular weight excluding hydrogens is 312 g/mol. The van der Waals surface area contributed by atoms with E-state index in [-0.39, 0.29) is 5.91 Å². The molecule has 2 aliphatic rings. The lowest BCUT2D eigenvalue weighted by atomic mass is 9.96. The number of nitrogens with one attached hydrogen (secondary N) is 1. The number of piperidine rings is 1. The summed E-state index contributed by atoms with van der Waals surface area (Å²) >= 11 is 0. The molecule has 1 aromatic heterocycles. The van der Waals surface area contributed by atoms with Crippen LogP contribution in [0.3, 0.4) is 0 Å². The molecule has 134 valence electrons. The van der Waals surface area contributed by atoms with Gasteiger partial charge < -0.3 is 10.2 Å². The molecule has 1 aliphatic carbocycles. The minimum absolute atomic E-state index is 0.214. The maximum Gasteiger partial charge on any atom is 0.220 e. The first-order chi connectivity index (χ1) is 12.3. The minimum Gasteiger partial charge on any atom is -0.356 e. The number of amides is 1. The van der Waals surface area contributed by atoms with Crippen molar-refractivity contribution in [3.8, 4) is 6.07 Å². The highest BCUT2D eigenvalue weighted by molar-refractivity contribution is 5.75. The first-order valence-electron chi connectivity index (χ1n) is 9.63. The van der Waals surface area contributed by atoms with E-state index in [0.717, 1.165) is 50.6 Å². The summed E-state index contributed by atoms with van der Waals surface area (Å²) in [7, 11) is 0. The Kier molecular flexibility index (Phi) is 6.27. The van der Waals surface area contributed by atoms with Crippen LogP contribution < -0.4 is 10.2 Å². The number of nitriles is 1. The molecule has 2 fully saturated rings. The standard InChI is InChI=1S/C20H28N4O/c21-14-18-6-3-11-22-20(18)24-12-9-17(10-13-24)15-23-19(25)8-7-16-4-1-2-5-16/h3,6,11,16-17H,1-2,4-5,7-10,12-13,15H2,(H,23,25). The van der Waals surface area contributed by atoms with Gasteiger partial charge in [0.05, 0.1) is 5.56 Å². The monoisotopic (exact) mass is 340 g/mol. The Morgan fingerprint density at radius 2 is 2.00 bits per heavy atom. The Morgan fingerprint density at radius 1 is 1.24 bits per heavy atom. The van der Waals surface area contributed by atoms with Gasteiger partial charge in [0, 0.05) is 32.3 Å². The highest BCUT2D eigenvalue weighted by atomic mass is 16.1. The Bertz CT molecular complexity index is 610. The van der Waals surface area contributed by atoms with Crippen LogP contribution >= 0.6 is 0 Å². The molecule has 3 rings (SSSR count). The van der Waals surface area contributed by atoms with Crippen LogP contribution in [0.5, 0.6) is 0 Å².